The molecular formula is C14H17NO2. The Morgan fingerprint density at radius 2 is 2.06 bits per heavy atom. The van der Waals surface area contributed by atoms with Crippen LogP contribution in [0.4, 0.5) is 5.69 Å². The molecule has 17 heavy (non-hydrogen) atoms. The summed E-state index contributed by atoms with van der Waals surface area (Å²) in [6, 6.07) is 9.83. The molecule has 0 spiro atoms. The van der Waals surface area contributed by atoms with Crippen LogP contribution < -0.4 is 4.90 Å². The molecule has 0 aliphatic heterocycles. The van der Waals surface area contributed by atoms with Gasteiger partial charge >= 0.3 is 0 Å². The first kappa shape index (κ1) is 11.7. The highest BCUT2D eigenvalue weighted by Crippen LogP contribution is 2.26. The third kappa shape index (κ3) is 2.68. The second kappa shape index (κ2) is 5.06. The van der Waals surface area contributed by atoms with Crippen LogP contribution in [0.1, 0.15) is 24.2 Å². The Morgan fingerprint density at radius 3 is 2.71 bits per heavy atom. The molecule has 0 bridgehead atoms. The fraction of sp³-hybridized carbons (Fsp3) is 0.286. The minimum absolute atomic E-state index is 0.460. The second-order valence-electron chi connectivity index (χ2n) is 4.22. The van der Waals surface area contributed by atoms with Gasteiger partial charge in [0.15, 0.2) is 0 Å². The van der Waals surface area contributed by atoms with Crippen molar-refractivity contribution < 1.29 is 9.52 Å². The Balaban J connectivity index is 2.21. The van der Waals surface area contributed by atoms with Gasteiger partial charge in [0.25, 0.3) is 0 Å². The van der Waals surface area contributed by atoms with Crippen LogP contribution in [0, 0.1) is 0 Å². The summed E-state index contributed by atoms with van der Waals surface area (Å²) in [7, 11) is 2.01. The average molecular weight is 231 g/mol. The predicted octanol–water partition coefficient (Wildman–Crippen LogP) is 2.97. The van der Waals surface area contributed by atoms with Gasteiger partial charge in [-0.2, -0.15) is 0 Å². The highest BCUT2D eigenvalue weighted by molar-refractivity contribution is 5.54. The molecule has 3 nitrogen and oxygen atoms in total. The normalized spacial score (nSPS) is 12.4. The lowest BCUT2D eigenvalue weighted by atomic mass is 10.1. The number of rotatable bonds is 4. The number of anilines is 1. The number of aliphatic hydroxyl groups is 1. The third-order valence-electron chi connectivity index (χ3n) is 2.80. The number of aliphatic hydroxyl groups excluding tert-OH is 1. The van der Waals surface area contributed by atoms with Gasteiger partial charge in [0.05, 0.1) is 18.6 Å². The molecule has 1 aromatic carbocycles. The summed E-state index contributed by atoms with van der Waals surface area (Å²) in [4.78, 5) is 2.10. The number of benzene rings is 1. The number of nitrogens with zero attached hydrogens (tertiary/aromatic N) is 1. The molecule has 2 rings (SSSR count). The van der Waals surface area contributed by atoms with Crippen molar-refractivity contribution in [3.63, 3.8) is 0 Å². The van der Waals surface area contributed by atoms with Crippen molar-refractivity contribution in [1.82, 2.24) is 0 Å². The number of hydrogen-bond donors (Lipinski definition) is 1. The highest BCUT2D eigenvalue weighted by Gasteiger charge is 2.11. The fourth-order valence-electron chi connectivity index (χ4n) is 1.93. The van der Waals surface area contributed by atoms with Gasteiger partial charge in [-0.25, -0.2) is 0 Å². The van der Waals surface area contributed by atoms with E-state index in [0.717, 1.165) is 23.4 Å². The van der Waals surface area contributed by atoms with Crippen LogP contribution in [-0.2, 0) is 6.54 Å². The molecule has 0 aliphatic carbocycles. The molecule has 0 aliphatic rings. The molecule has 0 unspecified atom stereocenters. The molecule has 0 saturated heterocycles. The van der Waals surface area contributed by atoms with E-state index in [0.29, 0.717) is 0 Å². The Bertz CT molecular complexity index is 463. The van der Waals surface area contributed by atoms with Crippen LogP contribution >= 0.6 is 0 Å². The smallest absolute Gasteiger partial charge is 0.0952 e. The third-order valence-corrected chi connectivity index (χ3v) is 2.80. The van der Waals surface area contributed by atoms with Crippen molar-refractivity contribution in [2.45, 2.75) is 19.6 Å². The van der Waals surface area contributed by atoms with E-state index in [1.807, 2.05) is 37.4 Å². The number of hydrogen-bond acceptors (Lipinski definition) is 3. The standard InChI is InChI=1S/C14H17NO2/c1-11(16)13-5-3-4-6-14(13)15(2)9-12-7-8-17-10-12/h3-8,10-11,16H,9H2,1-2H3/t11-/m0/s1. The lowest BCUT2D eigenvalue weighted by Crippen LogP contribution is -2.18. The topological polar surface area (TPSA) is 36.6 Å². The van der Waals surface area contributed by atoms with E-state index in [1.54, 1.807) is 19.5 Å². The second-order valence-corrected chi connectivity index (χ2v) is 4.22. The van der Waals surface area contributed by atoms with E-state index in [-0.39, 0.29) is 0 Å². The lowest BCUT2D eigenvalue weighted by molar-refractivity contribution is 0.199. The van der Waals surface area contributed by atoms with Crippen LogP contribution in [0.5, 0.6) is 0 Å². The monoisotopic (exact) mass is 231 g/mol. The molecule has 1 heterocycles. The van der Waals surface area contributed by atoms with Crippen LogP contribution in [0.15, 0.2) is 47.3 Å². The van der Waals surface area contributed by atoms with E-state index in [9.17, 15) is 5.11 Å². The zero-order chi connectivity index (χ0) is 12.3. The summed E-state index contributed by atoms with van der Waals surface area (Å²) in [5.74, 6) is 0. The first-order valence-corrected chi connectivity index (χ1v) is 5.67. The summed E-state index contributed by atoms with van der Waals surface area (Å²) < 4.78 is 5.05. The molecule has 0 fully saturated rings. The van der Waals surface area contributed by atoms with Crippen LogP contribution in [0.2, 0.25) is 0 Å². The van der Waals surface area contributed by atoms with Crippen LogP contribution in [0.3, 0.4) is 0 Å². The summed E-state index contributed by atoms with van der Waals surface area (Å²) >= 11 is 0. The maximum Gasteiger partial charge on any atom is 0.0952 e. The Labute approximate surface area is 101 Å². The van der Waals surface area contributed by atoms with Gasteiger partial charge < -0.3 is 14.4 Å². The van der Waals surface area contributed by atoms with E-state index in [1.165, 1.54) is 0 Å². The quantitative estimate of drug-likeness (QED) is 0.878. The molecule has 0 radical (unpaired) electrons. The molecule has 1 aromatic heterocycles. The molecule has 1 N–H and O–H groups in total. The fourth-order valence-corrected chi connectivity index (χ4v) is 1.93. The van der Waals surface area contributed by atoms with Crippen molar-refractivity contribution in [3.05, 3.63) is 54.0 Å². The van der Waals surface area contributed by atoms with E-state index >= 15 is 0 Å². The Hall–Kier alpha value is -1.74. The van der Waals surface area contributed by atoms with Crippen molar-refractivity contribution in [3.8, 4) is 0 Å². The Morgan fingerprint density at radius 1 is 1.29 bits per heavy atom. The number of para-hydroxylation sites is 1. The van der Waals surface area contributed by atoms with Gasteiger partial charge in [-0.15, -0.1) is 0 Å². The number of furan rings is 1. The van der Waals surface area contributed by atoms with Gasteiger partial charge in [0, 0.05) is 30.4 Å². The van der Waals surface area contributed by atoms with E-state index in [4.69, 9.17) is 4.42 Å². The maximum atomic E-state index is 9.73. The molecule has 0 amide bonds. The van der Waals surface area contributed by atoms with Crippen molar-refractivity contribution in [2.24, 2.45) is 0 Å². The van der Waals surface area contributed by atoms with E-state index in [2.05, 4.69) is 4.90 Å². The minimum Gasteiger partial charge on any atom is -0.472 e. The molecular weight excluding hydrogens is 214 g/mol. The molecule has 0 saturated carbocycles. The van der Waals surface area contributed by atoms with E-state index < -0.39 is 6.10 Å². The van der Waals surface area contributed by atoms with Crippen molar-refractivity contribution in [2.75, 3.05) is 11.9 Å². The lowest BCUT2D eigenvalue weighted by Gasteiger charge is -2.23. The summed E-state index contributed by atoms with van der Waals surface area (Å²) in [6.45, 7) is 2.55. The average Bonchev–Trinajstić information content (AvgIpc) is 2.81. The minimum atomic E-state index is -0.460. The van der Waals surface area contributed by atoms with Gasteiger partial charge in [0.2, 0.25) is 0 Å². The molecule has 90 valence electrons. The van der Waals surface area contributed by atoms with Gasteiger partial charge in [-0.3, -0.25) is 0 Å². The van der Waals surface area contributed by atoms with Gasteiger partial charge in [0.1, 0.15) is 0 Å². The molecule has 1 atom stereocenters. The van der Waals surface area contributed by atoms with Crippen molar-refractivity contribution >= 4 is 5.69 Å². The van der Waals surface area contributed by atoms with Gasteiger partial charge in [-0.05, 0) is 19.1 Å². The molecule has 2 aromatic rings. The summed E-state index contributed by atoms with van der Waals surface area (Å²) in [6.07, 6.45) is 2.95. The Kier molecular flexibility index (Phi) is 3.49. The zero-order valence-corrected chi connectivity index (χ0v) is 10.1. The first-order chi connectivity index (χ1) is 8.18. The highest BCUT2D eigenvalue weighted by atomic mass is 16.3. The SMILES string of the molecule is C[C@H](O)c1ccccc1N(C)Cc1ccoc1. The molecule has 3 heteroatoms. The maximum absolute atomic E-state index is 9.73. The van der Waals surface area contributed by atoms with Crippen LogP contribution in [0.25, 0.3) is 0 Å². The largest absolute Gasteiger partial charge is 0.472 e. The van der Waals surface area contributed by atoms with Crippen molar-refractivity contribution in [1.29, 1.82) is 0 Å². The zero-order valence-electron chi connectivity index (χ0n) is 10.1. The van der Waals surface area contributed by atoms with Gasteiger partial charge in [-0.1, -0.05) is 18.2 Å². The summed E-state index contributed by atoms with van der Waals surface area (Å²) in [5.41, 5.74) is 3.11. The predicted molar refractivity (Wildman–Crippen MR) is 67.9 cm³/mol. The first-order valence-electron chi connectivity index (χ1n) is 5.67. The van der Waals surface area contributed by atoms with Crippen LogP contribution in [-0.4, -0.2) is 12.2 Å². The summed E-state index contributed by atoms with van der Waals surface area (Å²) in [5, 5.41) is 9.73.